The van der Waals surface area contributed by atoms with Crippen LogP contribution in [0.2, 0.25) is 0 Å². The second-order valence-corrected chi connectivity index (χ2v) is 12.0. The second kappa shape index (κ2) is 18.0. The van der Waals surface area contributed by atoms with Crippen molar-refractivity contribution in [3.8, 4) is 0 Å². The Hall–Kier alpha value is -1.35. The van der Waals surface area contributed by atoms with Gasteiger partial charge in [0.15, 0.2) is 5.78 Å². The summed E-state index contributed by atoms with van der Waals surface area (Å²) in [5.74, 6) is -0.716. The van der Waals surface area contributed by atoms with E-state index in [1.165, 1.54) is 0 Å². The Balaban J connectivity index is 3.90. The highest BCUT2D eigenvalue weighted by Crippen LogP contribution is 2.25. The highest BCUT2D eigenvalue weighted by molar-refractivity contribution is 14.1. The van der Waals surface area contributed by atoms with Crippen molar-refractivity contribution in [2.24, 2.45) is 0 Å². The topological polar surface area (TPSA) is 136 Å². The van der Waals surface area contributed by atoms with Gasteiger partial charge < -0.3 is 23.7 Å². The fraction of sp³-hybridized carbons (Fsp3) is 0.840. The number of amides is 1. The summed E-state index contributed by atoms with van der Waals surface area (Å²) in [6.07, 6.45) is 0.570. The number of alkyl halides is 1. The first kappa shape index (κ1) is 35.6. The number of carbonyl (C=O) groups is 4. The Bertz CT molecular complexity index is 723. The SMILES string of the molecule is CCC(C)(I)C(=O)CCC(=O)OCCOCCOCCOC(C)(CC)C(=O)CONC(=O)OC(C)(C)C. The first-order valence-corrected chi connectivity index (χ1v) is 13.6. The summed E-state index contributed by atoms with van der Waals surface area (Å²) < 4.78 is 26.1. The summed E-state index contributed by atoms with van der Waals surface area (Å²) in [7, 11) is 0. The van der Waals surface area contributed by atoms with Crippen LogP contribution in [0.1, 0.15) is 74.1 Å². The van der Waals surface area contributed by atoms with Crippen LogP contribution >= 0.6 is 22.6 Å². The Morgan fingerprint density at radius 1 is 0.757 bits per heavy atom. The lowest BCUT2D eigenvalue weighted by Gasteiger charge is -2.27. The summed E-state index contributed by atoms with van der Waals surface area (Å²) >= 11 is 2.11. The van der Waals surface area contributed by atoms with E-state index in [0.29, 0.717) is 26.1 Å². The maximum absolute atomic E-state index is 12.5. The minimum Gasteiger partial charge on any atom is -0.463 e. The Morgan fingerprint density at radius 2 is 1.32 bits per heavy atom. The van der Waals surface area contributed by atoms with E-state index in [2.05, 4.69) is 28.1 Å². The van der Waals surface area contributed by atoms with E-state index in [1.54, 1.807) is 27.7 Å². The van der Waals surface area contributed by atoms with Gasteiger partial charge in [0.2, 0.25) is 0 Å². The molecule has 0 bridgehead atoms. The monoisotopic (exact) mass is 645 g/mol. The maximum atomic E-state index is 12.5. The molecule has 0 saturated carbocycles. The number of esters is 1. The van der Waals surface area contributed by atoms with Crippen LogP contribution in [0, 0.1) is 0 Å². The minimum absolute atomic E-state index is 0.0390. The van der Waals surface area contributed by atoms with Gasteiger partial charge in [-0.3, -0.25) is 19.2 Å². The van der Waals surface area contributed by atoms with Crippen LogP contribution in [-0.2, 0) is 42.9 Å². The molecule has 0 heterocycles. The van der Waals surface area contributed by atoms with Gasteiger partial charge in [0.25, 0.3) is 0 Å². The second-order valence-electron chi connectivity index (χ2n) is 9.67. The lowest BCUT2D eigenvalue weighted by Crippen LogP contribution is -2.43. The third kappa shape index (κ3) is 17.0. The predicted octanol–water partition coefficient (Wildman–Crippen LogP) is 3.73. The van der Waals surface area contributed by atoms with Crippen molar-refractivity contribution < 1.29 is 47.7 Å². The molecule has 0 aromatic carbocycles. The fourth-order valence-corrected chi connectivity index (χ4v) is 2.87. The van der Waals surface area contributed by atoms with Gasteiger partial charge in [0.05, 0.1) is 42.9 Å². The number of hydrogen-bond acceptors (Lipinski definition) is 10. The lowest BCUT2D eigenvalue weighted by atomic mass is 9.98. The largest absolute Gasteiger partial charge is 0.463 e. The van der Waals surface area contributed by atoms with Gasteiger partial charge in [0.1, 0.15) is 30.2 Å². The molecule has 0 aromatic heterocycles. The zero-order valence-electron chi connectivity index (χ0n) is 23.2. The molecule has 0 aromatic rings. The summed E-state index contributed by atoms with van der Waals surface area (Å²) in [4.78, 5) is 52.7. The molecule has 0 saturated heterocycles. The molecular formula is C25H44INO10. The van der Waals surface area contributed by atoms with Gasteiger partial charge >= 0.3 is 12.1 Å². The van der Waals surface area contributed by atoms with Crippen LogP contribution in [-0.4, -0.2) is 84.5 Å². The third-order valence-corrected chi connectivity index (χ3v) is 6.70. The van der Waals surface area contributed by atoms with Gasteiger partial charge in [-0.1, -0.05) is 36.4 Å². The van der Waals surface area contributed by atoms with Crippen molar-refractivity contribution in [1.29, 1.82) is 0 Å². The molecule has 11 nitrogen and oxygen atoms in total. The molecule has 0 spiro atoms. The number of hydroxylamine groups is 1. The number of nitrogens with one attached hydrogen (secondary N) is 1. The maximum Gasteiger partial charge on any atom is 0.431 e. The van der Waals surface area contributed by atoms with E-state index in [1.807, 2.05) is 20.8 Å². The van der Waals surface area contributed by atoms with Crippen molar-refractivity contribution in [3.05, 3.63) is 0 Å². The molecule has 1 amide bonds. The van der Waals surface area contributed by atoms with Crippen LogP contribution < -0.4 is 5.48 Å². The zero-order chi connectivity index (χ0) is 28.5. The van der Waals surface area contributed by atoms with E-state index in [9.17, 15) is 19.2 Å². The van der Waals surface area contributed by atoms with Gasteiger partial charge in [0, 0.05) is 6.42 Å². The molecule has 2 unspecified atom stereocenters. The highest BCUT2D eigenvalue weighted by atomic mass is 127. The van der Waals surface area contributed by atoms with E-state index < -0.39 is 26.7 Å². The number of Topliss-reactive ketones (excluding diaryl/α,β-unsaturated/α-hetero) is 2. The smallest absolute Gasteiger partial charge is 0.431 e. The van der Waals surface area contributed by atoms with Crippen LogP contribution in [0.25, 0.3) is 0 Å². The molecular weight excluding hydrogens is 601 g/mol. The van der Waals surface area contributed by atoms with E-state index in [0.717, 1.165) is 0 Å². The molecule has 12 heteroatoms. The van der Waals surface area contributed by atoms with Crippen molar-refractivity contribution in [3.63, 3.8) is 0 Å². The average Bonchev–Trinajstić information content (AvgIpc) is 2.82. The molecule has 1 N–H and O–H groups in total. The predicted molar refractivity (Wildman–Crippen MR) is 145 cm³/mol. The number of ether oxygens (including phenoxy) is 5. The van der Waals surface area contributed by atoms with E-state index in [-0.39, 0.29) is 57.4 Å². The molecule has 0 rings (SSSR count). The number of ketones is 2. The van der Waals surface area contributed by atoms with Gasteiger partial charge in [-0.25, -0.2) is 4.79 Å². The number of carbonyl (C=O) groups excluding carboxylic acids is 4. The first-order valence-electron chi connectivity index (χ1n) is 12.5. The molecule has 0 fully saturated rings. The normalized spacial score (nSPS) is 14.8. The van der Waals surface area contributed by atoms with Crippen molar-refractivity contribution in [1.82, 2.24) is 5.48 Å². The molecule has 2 atom stereocenters. The van der Waals surface area contributed by atoms with Crippen molar-refractivity contribution in [2.75, 3.05) is 46.2 Å². The number of halogens is 1. The molecule has 0 aliphatic rings. The summed E-state index contributed by atoms with van der Waals surface area (Å²) in [5, 5.41) is 0. The molecule has 0 aliphatic carbocycles. The standard InChI is InChI=1S/C25H44INO10/c1-8-24(6,26)19(28)10-11-21(30)34-16-14-32-12-13-33-15-17-35-25(7,9-2)20(29)18-36-27-22(31)37-23(3,4)5/h8-18H2,1-7H3,(H,27,31). The van der Waals surface area contributed by atoms with Crippen LogP contribution in [0.5, 0.6) is 0 Å². The van der Waals surface area contributed by atoms with Gasteiger partial charge in [-0.2, -0.15) is 5.48 Å². The minimum atomic E-state index is -1.09. The Kier molecular flexibility index (Phi) is 17.4. The van der Waals surface area contributed by atoms with Gasteiger partial charge in [-0.05, 0) is 47.5 Å². The van der Waals surface area contributed by atoms with Gasteiger partial charge in [-0.15, -0.1) is 0 Å². The van der Waals surface area contributed by atoms with Crippen molar-refractivity contribution in [2.45, 2.75) is 88.8 Å². The zero-order valence-corrected chi connectivity index (χ0v) is 25.4. The first-order chi connectivity index (χ1) is 17.2. The molecule has 0 aliphatic heterocycles. The third-order valence-electron chi connectivity index (χ3n) is 5.33. The fourth-order valence-electron chi connectivity index (χ4n) is 2.60. The van der Waals surface area contributed by atoms with E-state index in [4.69, 9.17) is 28.5 Å². The Labute approximate surface area is 234 Å². The summed E-state index contributed by atoms with van der Waals surface area (Å²) in [6, 6.07) is 0. The molecule has 216 valence electrons. The highest BCUT2D eigenvalue weighted by Gasteiger charge is 2.32. The van der Waals surface area contributed by atoms with Crippen LogP contribution in [0.4, 0.5) is 4.79 Å². The average molecular weight is 646 g/mol. The summed E-state index contributed by atoms with van der Waals surface area (Å²) in [5.41, 5.74) is 0.314. The summed E-state index contributed by atoms with van der Waals surface area (Å²) in [6.45, 7) is 13.4. The van der Waals surface area contributed by atoms with E-state index >= 15 is 0 Å². The molecule has 0 radical (unpaired) electrons. The number of hydrogen-bond donors (Lipinski definition) is 1. The number of rotatable bonds is 20. The molecule has 37 heavy (non-hydrogen) atoms. The Morgan fingerprint density at radius 3 is 1.86 bits per heavy atom. The lowest BCUT2D eigenvalue weighted by molar-refractivity contribution is -0.152. The van der Waals surface area contributed by atoms with Crippen molar-refractivity contribution >= 4 is 46.2 Å². The van der Waals surface area contributed by atoms with Crippen LogP contribution in [0.3, 0.4) is 0 Å². The quantitative estimate of drug-likeness (QED) is 0.0686. The van der Waals surface area contributed by atoms with Crippen LogP contribution in [0.15, 0.2) is 0 Å².